The lowest BCUT2D eigenvalue weighted by Gasteiger charge is -2.08. The van der Waals surface area contributed by atoms with Crippen LogP contribution in [0.4, 0.5) is 17.2 Å². The lowest BCUT2D eigenvalue weighted by Crippen LogP contribution is -2.02. The van der Waals surface area contributed by atoms with E-state index in [0.29, 0.717) is 5.69 Å². The zero-order valence-electron chi connectivity index (χ0n) is 14.3. The van der Waals surface area contributed by atoms with Crippen LogP contribution in [0.5, 0.6) is 5.75 Å². The molecule has 0 spiro atoms. The minimum Gasteiger partial charge on any atom is -0.508 e. The molecule has 0 unspecified atom stereocenters. The van der Waals surface area contributed by atoms with E-state index in [-0.39, 0.29) is 39.3 Å². The molecule has 0 aliphatic rings. The molecular formula is C17H9N7O5. The SMILES string of the molecule is N#Cc1c(N)n(-c2cccc(O)c2)c2nc3cc([N+](=O)[O-])c([N+](=O)[O-])cc3nc12. The van der Waals surface area contributed by atoms with Crippen molar-refractivity contribution < 1.29 is 15.0 Å². The van der Waals surface area contributed by atoms with Gasteiger partial charge in [0.1, 0.15) is 28.7 Å². The average molecular weight is 391 g/mol. The lowest BCUT2D eigenvalue weighted by atomic mass is 10.2. The zero-order chi connectivity index (χ0) is 20.9. The van der Waals surface area contributed by atoms with Crippen LogP contribution in [0, 0.1) is 31.6 Å². The number of rotatable bonds is 3. The van der Waals surface area contributed by atoms with Crippen LogP contribution in [-0.4, -0.2) is 29.5 Å². The van der Waals surface area contributed by atoms with Gasteiger partial charge in [-0.05, 0) is 12.1 Å². The lowest BCUT2D eigenvalue weighted by molar-refractivity contribution is -0.422. The van der Waals surface area contributed by atoms with Crippen molar-refractivity contribution in [2.45, 2.75) is 0 Å². The summed E-state index contributed by atoms with van der Waals surface area (Å²) in [5.74, 6) is -0.0605. The number of nitrogens with zero attached hydrogens (tertiary/aromatic N) is 6. The van der Waals surface area contributed by atoms with Crippen molar-refractivity contribution in [3.8, 4) is 17.5 Å². The summed E-state index contributed by atoms with van der Waals surface area (Å²) in [4.78, 5) is 29.2. The van der Waals surface area contributed by atoms with Crippen molar-refractivity contribution in [1.29, 1.82) is 5.26 Å². The molecule has 2 aromatic carbocycles. The highest BCUT2D eigenvalue weighted by atomic mass is 16.6. The molecule has 2 heterocycles. The predicted octanol–water partition coefficient (Wildman–Crippen LogP) is 2.55. The highest BCUT2D eigenvalue weighted by Gasteiger charge is 2.27. The number of anilines is 1. The molecule has 0 fully saturated rings. The summed E-state index contributed by atoms with van der Waals surface area (Å²) < 4.78 is 1.37. The number of nitrogens with two attached hydrogens (primary N) is 1. The number of nitro benzene ring substituents is 2. The molecule has 3 N–H and O–H groups in total. The van der Waals surface area contributed by atoms with Crippen LogP contribution in [0.1, 0.15) is 5.56 Å². The van der Waals surface area contributed by atoms with Gasteiger partial charge in [-0.25, -0.2) is 9.97 Å². The monoisotopic (exact) mass is 391 g/mol. The topological polar surface area (TPSA) is 187 Å². The van der Waals surface area contributed by atoms with E-state index in [1.807, 2.05) is 6.07 Å². The second-order valence-electron chi connectivity index (χ2n) is 5.97. The number of phenols is 1. The van der Waals surface area contributed by atoms with E-state index in [2.05, 4.69) is 9.97 Å². The van der Waals surface area contributed by atoms with Gasteiger partial charge in [-0.1, -0.05) is 6.07 Å². The molecule has 142 valence electrons. The average Bonchev–Trinajstić information content (AvgIpc) is 2.94. The Balaban J connectivity index is 2.14. The van der Waals surface area contributed by atoms with Crippen molar-refractivity contribution in [2.24, 2.45) is 0 Å². The number of phenolic OH excluding ortho intramolecular Hbond substituents is 1. The Bertz CT molecular complexity index is 1400. The first-order valence-corrected chi connectivity index (χ1v) is 7.95. The van der Waals surface area contributed by atoms with Gasteiger partial charge in [-0.3, -0.25) is 24.8 Å². The largest absolute Gasteiger partial charge is 0.508 e. The number of hydrogen-bond donors (Lipinski definition) is 2. The molecular weight excluding hydrogens is 382 g/mol. The number of benzene rings is 2. The fraction of sp³-hybridized carbons (Fsp3) is 0. The first-order valence-electron chi connectivity index (χ1n) is 7.95. The van der Waals surface area contributed by atoms with Crippen LogP contribution in [0.3, 0.4) is 0 Å². The zero-order valence-corrected chi connectivity index (χ0v) is 14.3. The van der Waals surface area contributed by atoms with E-state index in [1.165, 1.54) is 16.7 Å². The normalized spacial score (nSPS) is 10.9. The fourth-order valence-electron chi connectivity index (χ4n) is 3.04. The molecule has 0 saturated carbocycles. The number of nitriles is 1. The summed E-state index contributed by atoms with van der Waals surface area (Å²) in [6.07, 6.45) is 0. The van der Waals surface area contributed by atoms with Crippen LogP contribution in [0.25, 0.3) is 27.9 Å². The van der Waals surface area contributed by atoms with E-state index in [9.17, 15) is 30.6 Å². The third-order valence-electron chi connectivity index (χ3n) is 4.28. The predicted molar refractivity (Wildman–Crippen MR) is 100 cm³/mol. The Hall–Kier alpha value is -4.79. The van der Waals surface area contributed by atoms with Crippen molar-refractivity contribution in [1.82, 2.24) is 14.5 Å². The minimum absolute atomic E-state index is 0.000594. The van der Waals surface area contributed by atoms with Gasteiger partial charge in [-0.2, -0.15) is 5.26 Å². The number of aromatic nitrogens is 3. The van der Waals surface area contributed by atoms with Crippen molar-refractivity contribution in [3.63, 3.8) is 0 Å². The number of hydrogen-bond acceptors (Lipinski definition) is 9. The van der Waals surface area contributed by atoms with Crippen LogP contribution in [0.15, 0.2) is 36.4 Å². The highest BCUT2D eigenvalue weighted by Crippen LogP contribution is 2.34. The van der Waals surface area contributed by atoms with Gasteiger partial charge in [0, 0.05) is 6.07 Å². The highest BCUT2D eigenvalue weighted by molar-refractivity contribution is 5.95. The summed E-state index contributed by atoms with van der Waals surface area (Å²) in [6.45, 7) is 0. The third kappa shape index (κ3) is 2.61. The molecule has 2 aromatic heterocycles. The van der Waals surface area contributed by atoms with E-state index >= 15 is 0 Å². The number of fused-ring (bicyclic) bond motifs is 2. The standard InChI is InChI=1S/C17H9N7O5/c18-7-10-15-17(22(16(10)19)8-2-1-3-9(25)4-8)21-12-6-14(24(28)29)13(23(26)27)5-11(12)20-15/h1-6,25H,19H2. The first kappa shape index (κ1) is 17.6. The van der Waals surface area contributed by atoms with Crippen LogP contribution in [0.2, 0.25) is 0 Å². The summed E-state index contributed by atoms with van der Waals surface area (Å²) in [5.41, 5.74) is 5.18. The Morgan fingerprint density at radius 1 is 1.07 bits per heavy atom. The maximum absolute atomic E-state index is 11.2. The second kappa shape index (κ2) is 6.13. The van der Waals surface area contributed by atoms with Gasteiger partial charge in [0.2, 0.25) is 0 Å². The maximum atomic E-state index is 11.2. The fourth-order valence-corrected chi connectivity index (χ4v) is 3.04. The molecule has 0 radical (unpaired) electrons. The molecule has 29 heavy (non-hydrogen) atoms. The third-order valence-corrected chi connectivity index (χ3v) is 4.28. The Labute approximate surface area is 160 Å². The van der Waals surface area contributed by atoms with Gasteiger partial charge < -0.3 is 10.8 Å². The van der Waals surface area contributed by atoms with Crippen LogP contribution in [-0.2, 0) is 0 Å². The summed E-state index contributed by atoms with van der Waals surface area (Å²) >= 11 is 0. The Kier molecular flexibility index (Phi) is 3.72. The van der Waals surface area contributed by atoms with Crippen molar-refractivity contribution in [2.75, 3.05) is 5.73 Å². The number of nitro groups is 2. The van der Waals surface area contributed by atoms with E-state index in [0.717, 1.165) is 12.1 Å². The number of aromatic hydroxyl groups is 1. The maximum Gasteiger partial charge on any atom is 0.348 e. The van der Waals surface area contributed by atoms with Gasteiger partial charge in [0.15, 0.2) is 5.65 Å². The van der Waals surface area contributed by atoms with Gasteiger partial charge >= 0.3 is 11.4 Å². The van der Waals surface area contributed by atoms with Crippen LogP contribution < -0.4 is 5.73 Å². The van der Waals surface area contributed by atoms with Gasteiger partial charge in [0.25, 0.3) is 0 Å². The smallest absolute Gasteiger partial charge is 0.348 e. The quantitative estimate of drug-likeness (QED) is 0.390. The van der Waals surface area contributed by atoms with E-state index in [1.54, 1.807) is 12.1 Å². The number of nitrogen functional groups attached to an aromatic ring is 1. The summed E-state index contributed by atoms with van der Waals surface area (Å²) in [7, 11) is 0. The second-order valence-corrected chi connectivity index (χ2v) is 5.97. The molecule has 4 rings (SSSR count). The van der Waals surface area contributed by atoms with Crippen molar-refractivity contribution >= 4 is 39.4 Å². The molecule has 0 saturated heterocycles. The van der Waals surface area contributed by atoms with Gasteiger partial charge in [0.05, 0.1) is 38.7 Å². The molecule has 0 aliphatic carbocycles. The first-order chi connectivity index (χ1) is 13.8. The Morgan fingerprint density at radius 2 is 1.69 bits per heavy atom. The molecule has 12 nitrogen and oxygen atoms in total. The molecule has 0 atom stereocenters. The van der Waals surface area contributed by atoms with Crippen LogP contribution >= 0.6 is 0 Å². The molecule has 0 bridgehead atoms. The summed E-state index contributed by atoms with van der Waals surface area (Å²) in [5, 5.41) is 41.7. The van der Waals surface area contributed by atoms with E-state index < -0.39 is 21.2 Å². The van der Waals surface area contributed by atoms with Crippen molar-refractivity contribution in [3.05, 3.63) is 62.2 Å². The van der Waals surface area contributed by atoms with E-state index in [4.69, 9.17) is 5.73 Å². The molecule has 12 heteroatoms. The molecule has 0 amide bonds. The summed E-state index contributed by atoms with van der Waals surface area (Å²) in [6, 6.07) is 9.81. The molecule has 4 aromatic rings. The Morgan fingerprint density at radius 3 is 2.24 bits per heavy atom. The molecule has 0 aliphatic heterocycles. The van der Waals surface area contributed by atoms with Gasteiger partial charge in [-0.15, -0.1) is 0 Å². The minimum atomic E-state index is -0.888.